The molecule has 0 amide bonds. The topological polar surface area (TPSA) is 133 Å². The molecule has 0 saturated carbocycles. The molecule has 10 heteroatoms. The van der Waals surface area contributed by atoms with Crippen molar-refractivity contribution in [3.63, 3.8) is 0 Å². The number of rotatable bonds is 1. The molecule has 1 aliphatic heterocycles. The van der Waals surface area contributed by atoms with Gasteiger partial charge in [-0.3, -0.25) is 0 Å². The molecule has 0 unspecified atom stereocenters. The second-order valence-corrected chi connectivity index (χ2v) is 3.00. The third-order valence-electron chi connectivity index (χ3n) is 1.87. The number of aromatic amines is 2. The van der Waals surface area contributed by atoms with E-state index in [4.69, 9.17) is 0 Å². The molecule has 1 saturated heterocycles. The van der Waals surface area contributed by atoms with Gasteiger partial charge in [0.25, 0.3) is 0 Å². The fourth-order valence-electron chi connectivity index (χ4n) is 1.12. The lowest BCUT2D eigenvalue weighted by atomic mass is 10.4. The summed E-state index contributed by atoms with van der Waals surface area (Å²) in [6, 6.07) is 0. The lowest BCUT2D eigenvalue weighted by molar-refractivity contribution is 0.534. The normalized spacial score (nSPS) is 15.2. The maximum Gasteiger partial charge on any atom is 0.218 e. The van der Waals surface area contributed by atoms with E-state index in [0.29, 0.717) is 11.6 Å². The minimum atomic E-state index is 0.421. The van der Waals surface area contributed by atoms with E-state index in [2.05, 4.69) is 51.9 Å². The third kappa shape index (κ3) is 3.03. The van der Waals surface area contributed by atoms with Gasteiger partial charge in [0.05, 0.1) is 0 Å². The fourth-order valence-corrected chi connectivity index (χ4v) is 1.12. The van der Waals surface area contributed by atoms with Gasteiger partial charge in [-0.15, -0.1) is 10.2 Å². The highest BCUT2D eigenvalue weighted by Crippen LogP contribution is 1.99. The molecular formula is C6H12N10. The minimum Gasteiger partial charge on any atom is -0.314 e. The Bertz CT molecular complexity index is 318. The van der Waals surface area contributed by atoms with Crippen LogP contribution in [0.3, 0.4) is 0 Å². The molecule has 0 bridgehead atoms. The predicted molar refractivity (Wildman–Crippen MR) is 53.1 cm³/mol. The van der Waals surface area contributed by atoms with Crippen molar-refractivity contribution >= 4 is 0 Å². The zero-order chi connectivity index (χ0) is 11.1. The van der Waals surface area contributed by atoms with Crippen molar-refractivity contribution in [1.82, 2.24) is 51.9 Å². The van der Waals surface area contributed by atoms with Gasteiger partial charge < -0.3 is 10.6 Å². The summed E-state index contributed by atoms with van der Waals surface area (Å²) in [5.41, 5.74) is 0. The van der Waals surface area contributed by atoms with Gasteiger partial charge >= 0.3 is 0 Å². The number of hydrogen-bond acceptors (Lipinski definition) is 8. The summed E-state index contributed by atoms with van der Waals surface area (Å²) in [4.78, 5) is 0. The lowest BCUT2D eigenvalue weighted by Crippen LogP contribution is -2.39. The first-order valence-electron chi connectivity index (χ1n) is 4.86. The molecule has 2 aromatic heterocycles. The summed E-state index contributed by atoms with van der Waals surface area (Å²) >= 11 is 0. The smallest absolute Gasteiger partial charge is 0.218 e. The van der Waals surface area contributed by atoms with Crippen LogP contribution in [0.2, 0.25) is 0 Å². The van der Waals surface area contributed by atoms with Gasteiger partial charge in [0.1, 0.15) is 0 Å². The monoisotopic (exact) mass is 224 g/mol. The maximum absolute atomic E-state index is 3.57. The first-order valence-corrected chi connectivity index (χ1v) is 4.86. The van der Waals surface area contributed by atoms with Crippen molar-refractivity contribution in [3.05, 3.63) is 0 Å². The minimum absolute atomic E-state index is 0.421. The molecule has 1 aliphatic rings. The van der Waals surface area contributed by atoms with Gasteiger partial charge in [0.2, 0.25) is 11.6 Å². The lowest BCUT2D eigenvalue weighted by Gasteiger charge is -2.11. The molecule has 86 valence electrons. The Labute approximate surface area is 90.6 Å². The van der Waals surface area contributed by atoms with Crippen molar-refractivity contribution in [2.75, 3.05) is 26.2 Å². The molecule has 3 rings (SSSR count). The van der Waals surface area contributed by atoms with Crippen LogP contribution in [0.15, 0.2) is 0 Å². The number of nitrogens with one attached hydrogen (secondary N) is 4. The Kier molecular flexibility index (Phi) is 3.85. The van der Waals surface area contributed by atoms with Crippen molar-refractivity contribution in [2.45, 2.75) is 0 Å². The van der Waals surface area contributed by atoms with E-state index < -0.39 is 0 Å². The summed E-state index contributed by atoms with van der Waals surface area (Å²) in [6.07, 6.45) is 0. The zero-order valence-corrected chi connectivity index (χ0v) is 8.51. The molecular weight excluding hydrogens is 212 g/mol. The molecule has 2 aromatic rings. The maximum atomic E-state index is 3.57. The molecule has 1 fully saturated rings. The van der Waals surface area contributed by atoms with E-state index in [1.54, 1.807) is 0 Å². The van der Waals surface area contributed by atoms with Crippen LogP contribution in [0.25, 0.3) is 11.6 Å². The second kappa shape index (κ2) is 5.82. The van der Waals surface area contributed by atoms with Crippen LogP contribution in [0, 0.1) is 0 Å². The van der Waals surface area contributed by atoms with Crippen LogP contribution in [-0.4, -0.2) is 67.4 Å². The number of hydrogen-bond donors (Lipinski definition) is 4. The van der Waals surface area contributed by atoms with E-state index in [9.17, 15) is 0 Å². The average molecular weight is 224 g/mol. The number of aromatic nitrogens is 8. The summed E-state index contributed by atoms with van der Waals surface area (Å²) in [5, 5.41) is 31.9. The third-order valence-corrected chi connectivity index (χ3v) is 1.87. The van der Waals surface area contributed by atoms with Gasteiger partial charge in [0.15, 0.2) is 0 Å². The Hall–Kier alpha value is -1.94. The van der Waals surface area contributed by atoms with E-state index >= 15 is 0 Å². The van der Waals surface area contributed by atoms with Gasteiger partial charge in [0, 0.05) is 26.2 Å². The van der Waals surface area contributed by atoms with Crippen LogP contribution in [0.4, 0.5) is 0 Å². The molecule has 0 spiro atoms. The molecule has 0 aliphatic carbocycles. The Morgan fingerprint density at radius 1 is 0.688 bits per heavy atom. The van der Waals surface area contributed by atoms with Crippen LogP contribution in [0.5, 0.6) is 0 Å². The van der Waals surface area contributed by atoms with Crippen molar-refractivity contribution in [1.29, 1.82) is 0 Å². The Morgan fingerprint density at radius 2 is 1.12 bits per heavy atom. The molecule has 10 nitrogen and oxygen atoms in total. The van der Waals surface area contributed by atoms with E-state index in [1.165, 1.54) is 0 Å². The highest BCUT2D eigenvalue weighted by atomic mass is 15.5. The second-order valence-electron chi connectivity index (χ2n) is 3.00. The van der Waals surface area contributed by atoms with Crippen LogP contribution in [-0.2, 0) is 0 Å². The largest absolute Gasteiger partial charge is 0.314 e. The highest BCUT2D eigenvalue weighted by molar-refractivity contribution is 5.37. The molecule has 0 radical (unpaired) electrons. The summed E-state index contributed by atoms with van der Waals surface area (Å²) in [5.74, 6) is 0.843. The van der Waals surface area contributed by atoms with Gasteiger partial charge in [-0.05, 0) is 20.9 Å². The highest BCUT2D eigenvalue weighted by Gasteiger charge is 2.03. The Balaban J connectivity index is 0.000000138. The van der Waals surface area contributed by atoms with Crippen molar-refractivity contribution < 1.29 is 0 Å². The predicted octanol–water partition coefficient (Wildman–Crippen LogP) is -2.44. The molecule has 0 atom stereocenters. The average Bonchev–Trinajstić information content (AvgIpc) is 3.05. The number of tetrazole rings is 2. The van der Waals surface area contributed by atoms with Crippen LogP contribution < -0.4 is 10.6 Å². The first kappa shape index (κ1) is 10.6. The van der Waals surface area contributed by atoms with Crippen molar-refractivity contribution in [3.8, 4) is 11.6 Å². The fraction of sp³-hybridized carbons (Fsp3) is 0.667. The number of H-pyrrole nitrogens is 2. The first-order chi connectivity index (χ1) is 7.97. The quantitative estimate of drug-likeness (QED) is 0.420. The summed E-state index contributed by atoms with van der Waals surface area (Å²) in [6.45, 7) is 4.56. The zero-order valence-electron chi connectivity index (χ0n) is 8.51. The molecule has 0 aromatic carbocycles. The van der Waals surface area contributed by atoms with Gasteiger partial charge in [-0.2, -0.15) is 0 Å². The van der Waals surface area contributed by atoms with Crippen LogP contribution >= 0.6 is 0 Å². The summed E-state index contributed by atoms with van der Waals surface area (Å²) in [7, 11) is 0. The standard InChI is InChI=1S/C4H10N2.C2H2N8/c1-2-6-4-3-5-1;3-1(4-8-7-3)2-5-9-10-6-2/h5-6H,1-4H2;(H,3,4,7,8)(H,5,6,9,10). The van der Waals surface area contributed by atoms with E-state index in [1.807, 2.05) is 0 Å². The summed E-state index contributed by atoms with van der Waals surface area (Å²) < 4.78 is 0. The molecule has 16 heavy (non-hydrogen) atoms. The van der Waals surface area contributed by atoms with E-state index in [0.717, 1.165) is 26.2 Å². The SMILES string of the molecule is C1CNCCN1.n1n[nH]c(-c2nnn[nH]2)n1. The molecule has 3 heterocycles. The van der Waals surface area contributed by atoms with Gasteiger partial charge in [-0.1, -0.05) is 0 Å². The Morgan fingerprint density at radius 3 is 1.38 bits per heavy atom. The number of nitrogens with zero attached hydrogens (tertiary/aromatic N) is 6. The molecule has 4 N–H and O–H groups in total. The van der Waals surface area contributed by atoms with E-state index in [-0.39, 0.29) is 0 Å². The van der Waals surface area contributed by atoms with Crippen molar-refractivity contribution in [2.24, 2.45) is 0 Å². The number of piperazine rings is 1. The van der Waals surface area contributed by atoms with Crippen LogP contribution in [0.1, 0.15) is 0 Å². The van der Waals surface area contributed by atoms with Gasteiger partial charge in [-0.25, -0.2) is 10.2 Å².